The largest absolute Gasteiger partial charge is 0.387 e. The Kier molecular flexibility index (Phi) is 2.40. The first-order valence-corrected chi connectivity index (χ1v) is 5.89. The average Bonchev–Trinajstić information content (AvgIpc) is 2.70. The lowest BCUT2D eigenvalue weighted by Crippen LogP contribution is -2.38. The van der Waals surface area contributed by atoms with E-state index in [4.69, 9.17) is 11.0 Å². The van der Waals surface area contributed by atoms with Crippen LogP contribution in [0.15, 0.2) is 18.2 Å². The highest BCUT2D eigenvalue weighted by Crippen LogP contribution is 2.37. The monoisotopic (exact) mass is 229 g/mol. The smallest absolute Gasteiger partial charge is 0.0991 e. The van der Waals surface area contributed by atoms with Gasteiger partial charge in [-0.25, -0.2) is 0 Å². The predicted octanol–water partition coefficient (Wildman–Crippen LogP) is 0.507. The van der Waals surface area contributed by atoms with Crippen molar-refractivity contribution in [3.8, 4) is 6.07 Å². The van der Waals surface area contributed by atoms with Gasteiger partial charge in [0.05, 0.1) is 17.7 Å². The summed E-state index contributed by atoms with van der Waals surface area (Å²) in [7, 11) is 0. The molecule has 0 radical (unpaired) electrons. The van der Waals surface area contributed by atoms with Crippen molar-refractivity contribution < 1.29 is 5.11 Å². The number of nitriles is 1. The fraction of sp³-hybridized carbons (Fsp3) is 0.462. The maximum absolute atomic E-state index is 10.4. The van der Waals surface area contributed by atoms with Gasteiger partial charge in [-0.15, -0.1) is 0 Å². The van der Waals surface area contributed by atoms with Gasteiger partial charge in [0, 0.05) is 25.2 Å². The van der Waals surface area contributed by atoms with E-state index in [-0.39, 0.29) is 12.1 Å². The number of fused-ring (bicyclic) bond motifs is 2. The minimum Gasteiger partial charge on any atom is -0.387 e. The molecule has 3 atom stereocenters. The van der Waals surface area contributed by atoms with Crippen LogP contribution in [0.5, 0.6) is 0 Å². The van der Waals surface area contributed by atoms with Crippen molar-refractivity contribution in [3.63, 3.8) is 0 Å². The van der Waals surface area contributed by atoms with E-state index >= 15 is 0 Å². The normalized spacial score (nSPS) is 31.7. The summed E-state index contributed by atoms with van der Waals surface area (Å²) in [4.78, 5) is 2.24. The van der Waals surface area contributed by atoms with Crippen LogP contribution in [-0.4, -0.2) is 28.6 Å². The first kappa shape index (κ1) is 10.7. The van der Waals surface area contributed by atoms with Crippen LogP contribution in [0.4, 0.5) is 0 Å². The third kappa shape index (κ3) is 1.64. The van der Waals surface area contributed by atoms with Crippen molar-refractivity contribution in [1.29, 1.82) is 5.26 Å². The summed E-state index contributed by atoms with van der Waals surface area (Å²) < 4.78 is 0. The zero-order valence-corrected chi connectivity index (χ0v) is 9.50. The lowest BCUT2D eigenvalue weighted by atomic mass is 9.90. The first-order valence-electron chi connectivity index (χ1n) is 5.89. The molecule has 0 aromatic heterocycles. The number of nitrogens with zero attached hydrogens (tertiary/aromatic N) is 2. The van der Waals surface area contributed by atoms with Crippen LogP contribution in [0.2, 0.25) is 0 Å². The van der Waals surface area contributed by atoms with Gasteiger partial charge >= 0.3 is 0 Å². The molecule has 0 saturated carbocycles. The highest BCUT2D eigenvalue weighted by atomic mass is 16.3. The Morgan fingerprint density at radius 1 is 1.47 bits per heavy atom. The van der Waals surface area contributed by atoms with Crippen molar-refractivity contribution in [3.05, 3.63) is 34.9 Å². The lowest BCUT2D eigenvalue weighted by Gasteiger charge is -2.35. The minimum atomic E-state index is -0.513. The standard InChI is InChI=1S/C13H15N3O/c14-5-8-1-2-9-6-16-7-10(15)4-12(16)13(17)11(9)3-8/h1-3,10,12-13,17H,4,6-7,15H2. The molecule has 1 saturated heterocycles. The molecule has 2 aliphatic heterocycles. The molecule has 3 unspecified atom stereocenters. The number of rotatable bonds is 0. The third-order valence-corrected chi connectivity index (χ3v) is 3.81. The molecule has 1 fully saturated rings. The van der Waals surface area contributed by atoms with Gasteiger partial charge in [0.15, 0.2) is 0 Å². The minimum absolute atomic E-state index is 0.117. The molecule has 0 spiro atoms. The topological polar surface area (TPSA) is 73.3 Å². The van der Waals surface area contributed by atoms with Crippen molar-refractivity contribution in [2.45, 2.75) is 31.2 Å². The Morgan fingerprint density at radius 3 is 3.06 bits per heavy atom. The van der Waals surface area contributed by atoms with Crippen LogP contribution in [0, 0.1) is 11.3 Å². The molecule has 3 rings (SSSR count). The predicted molar refractivity (Wildman–Crippen MR) is 62.9 cm³/mol. The Bertz CT molecular complexity index is 494. The van der Waals surface area contributed by atoms with Gasteiger partial charge < -0.3 is 10.8 Å². The van der Waals surface area contributed by atoms with Crippen molar-refractivity contribution >= 4 is 0 Å². The van der Waals surface area contributed by atoms with Gasteiger partial charge in [0.2, 0.25) is 0 Å². The van der Waals surface area contributed by atoms with Crippen LogP contribution < -0.4 is 5.73 Å². The maximum atomic E-state index is 10.4. The second-order valence-corrected chi connectivity index (χ2v) is 4.96. The second kappa shape index (κ2) is 3.81. The molecule has 0 bridgehead atoms. The van der Waals surface area contributed by atoms with E-state index in [1.807, 2.05) is 12.1 Å². The van der Waals surface area contributed by atoms with Gasteiger partial charge in [0.1, 0.15) is 0 Å². The van der Waals surface area contributed by atoms with Gasteiger partial charge in [-0.05, 0) is 29.7 Å². The van der Waals surface area contributed by atoms with Crippen LogP contribution >= 0.6 is 0 Å². The van der Waals surface area contributed by atoms with Crippen molar-refractivity contribution in [2.75, 3.05) is 6.54 Å². The molecule has 4 heteroatoms. The summed E-state index contributed by atoms with van der Waals surface area (Å²) in [5.74, 6) is 0. The van der Waals surface area contributed by atoms with E-state index in [0.717, 1.165) is 30.6 Å². The molecule has 0 amide bonds. The molecule has 2 aliphatic rings. The Hall–Kier alpha value is -1.41. The quantitative estimate of drug-likeness (QED) is 0.679. The molecule has 2 heterocycles. The molecular weight excluding hydrogens is 214 g/mol. The van der Waals surface area contributed by atoms with Crippen molar-refractivity contribution in [1.82, 2.24) is 4.90 Å². The van der Waals surface area contributed by atoms with Crippen LogP contribution in [0.3, 0.4) is 0 Å². The fourth-order valence-electron chi connectivity index (χ4n) is 2.99. The first-order chi connectivity index (χ1) is 8.19. The maximum Gasteiger partial charge on any atom is 0.0991 e. The fourth-order valence-corrected chi connectivity index (χ4v) is 2.99. The van der Waals surface area contributed by atoms with E-state index in [1.54, 1.807) is 6.07 Å². The average molecular weight is 229 g/mol. The van der Waals surface area contributed by atoms with E-state index in [2.05, 4.69) is 11.0 Å². The zero-order valence-electron chi connectivity index (χ0n) is 9.50. The summed E-state index contributed by atoms with van der Waals surface area (Å²) in [6.07, 6.45) is 0.317. The Morgan fingerprint density at radius 2 is 2.29 bits per heavy atom. The van der Waals surface area contributed by atoms with Gasteiger partial charge in [-0.1, -0.05) is 6.07 Å². The molecule has 0 aliphatic carbocycles. The van der Waals surface area contributed by atoms with E-state index in [0.29, 0.717) is 5.56 Å². The number of aliphatic hydroxyl groups is 1. The molecule has 88 valence electrons. The van der Waals surface area contributed by atoms with Gasteiger partial charge in [-0.2, -0.15) is 5.26 Å². The molecule has 1 aromatic carbocycles. The SMILES string of the molecule is N#Cc1ccc2c(c1)C(O)C1CC(N)CN1C2. The van der Waals surface area contributed by atoms with Crippen LogP contribution in [-0.2, 0) is 6.54 Å². The number of hydrogen-bond acceptors (Lipinski definition) is 4. The molecule has 4 nitrogen and oxygen atoms in total. The number of aliphatic hydroxyl groups excluding tert-OH is 1. The van der Waals surface area contributed by atoms with Crippen LogP contribution in [0.25, 0.3) is 0 Å². The Labute approximate surface area is 100 Å². The van der Waals surface area contributed by atoms with Gasteiger partial charge in [-0.3, -0.25) is 4.90 Å². The highest BCUT2D eigenvalue weighted by molar-refractivity contribution is 5.41. The highest BCUT2D eigenvalue weighted by Gasteiger charge is 2.39. The third-order valence-electron chi connectivity index (χ3n) is 3.81. The summed E-state index contributed by atoms with van der Waals surface area (Å²) in [6.45, 7) is 1.68. The summed E-state index contributed by atoms with van der Waals surface area (Å²) in [6, 6.07) is 7.94. The van der Waals surface area contributed by atoms with Crippen LogP contribution in [0.1, 0.15) is 29.2 Å². The van der Waals surface area contributed by atoms with E-state index < -0.39 is 6.10 Å². The number of benzene rings is 1. The van der Waals surface area contributed by atoms with Crippen molar-refractivity contribution in [2.24, 2.45) is 5.73 Å². The summed E-state index contributed by atoms with van der Waals surface area (Å²) in [5.41, 5.74) is 8.57. The molecule has 3 N–H and O–H groups in total. The summed E-state index contributed by atoms with van der Waals surface area (Å²) in [5, 5.41) is 19.3. The van der Waals surface area contributed by atoms with Gasteiger partial charge in [0.25, 0.3) is 0 Å². The number of hydrogen-bond donors (Lipinski definition) is 2. The van der Waals surface area contributed by atoms with E-state index in [9.17, 15) is 5.11 Å². The number of nitrogens with two attached hydrogens (primary N) is 1. The van der Waals surface area contributed by atoms with E-state index in [1.165, 1.54) is 0 Å². The summed E-state index contributed by atoms with van der Waals surface area (Å²) >= 11 is 0. The molecule has 17 heavy (non-hydrogen) atoms. The zero-order chi connectivity index (χ0) is 12.0. The molecule has 1 aromatic rings. The second-order valence-electron chi connectivity index (χ2n) is 4.96. The Balaban J connectivity index is 2.01. The lowest BCUT2D eigenvalue weighted by molar-refractivity contribution is 0.0533. The molecular formula is C13H15N3O.